The van der Waals surface area contributed by atoms with Gasteiger partial charge in [-0.1, -0.05) is 91.0 Å². The lowest BCUT2D eigenvalue weighted by Crippen LogP contribution is -2.50. The molecule has 31 heavy (non-hydrogen) atoms. The second-order valence-corrected chi connectivity index (χ2v) is 8.18. The van der Waals surface area contributed by atoms with Gasteiger partial charge in [-0.05, 0) is 12.5 Å². The summed E-state index contributed by atoms with van der Waals surface area (Å²) in [5.41, 5.74) is 0.256. The molecule has 0 spiro atoms. The Balaban J connectivity index is 1.95. The van der Waals surface area contributed by atoms with Crippen molar-refractivity contribution >= 4 is 17.3 Å². The lowest BCUT2D eigenvalue weighted by Gasteiger charge is -2.42. The van der Waals surface area contributed by atoms with Crippen LogP contribution in [0.3, 0.4) is 0 Å². The molecule has 3 aromatic carbocycles. The molecule has 1 aliphatic carbocycles. The topological polar surface area (TPSA) is 74.6 Å². The molecule has 1 aliphatic rings. The number of benzene rings is 3. The van der Waals surface area contributed by atoms with Gasteiger partial charge in [0.15, 0.2) is 11.6 Å². The van der Waals surface area contributed by atoms with E-state index in [2.05, 4.69) is 0 Å². The van der Waals surface area contributed by atoms with E-state index >= 15 is 0 Å². The molecular weight excluding hydrogens is 388 g/mol. The maximum Gasteiger partial charge on any atom is 0.169 e. The van der Waals surface area contributed by atoms with Gasteiger partial charge < -0.3 is 10.2 Å². The molecule has 0 amide bonds. The molecule has 3 aromatic rings. The third-order valence-electron chi connectivity index (χ3n) is 5.94. The number of carbonyl (C=O) groups excluding carboxylic acids is 2. The summed E-state index contributed by atoms with van der Waals surface area (Å²) in [4.78, 5) is 26.9. The van der Waals surface area contributed by atoms with Crippen LogP contribution in [0.1, 0.15) is 40.7 Å². The van der Waals surface area contributed by atoms with E-state index in [1.807, 2.05) is 42.5 Å². The summed E-state index contributed by atoms with van der Waals surface area (Å²) >= 11 is 0. The highest BCUT2D eigenvalue weighted by molar-refractivity contribution is 6.08. The second-order valence-electron chi connectivity index (χ2n) is 8.18. The van der Waals surface area contributed by atoms with Crippen LogP contribution in [-0.2, 0) is 4.79 Å². The minimum Gasteiger partial charge on any atom is -0.507 e. The summed E-state index contributed by atoms with van der Waals surface area (Å²) in [5.74, 6) is -2.50. The van der Waals surface area contributed by atoms with Crippen molar-refractivity contribution in [2.45, 2.75) is 24.9 Å². The minimum atomic E-state index is -1.56. The van der Waals surface area contributed by atoms with Crippen molar-refractivity contribution in [2.24, 2.45) is 5.92 Å². The van der Waals surface area contributed by atoms with Crippen LogP contribution >= 0.6 is 0 Å². The summed E-state index contributed by atoms with van der Waals surface area (Å²) in [6.45, 7) is 1.53. The van der Waals surface area contributed by atoms with Gasteiger partial charge in [0, 0.05) is 29.0 Å². The van der Waals surface area contributed by atoms with Crippen molar-refractivity contribution in [1.29, 1.82) is 0 Å². The van der Waals surface area contributed by atoms with Crippen molar-refractivity contribution in [3.05, 3.63) is 113 Å². The van der Waals surface area contributed by atoms with Crippen LogP contribution < -0.4 is 0 Å². The van der Waals surface area contributed by atoms with Crippen LogP contribution in [0.2, 0.25) is 0 Å². The normalized spacial score (nSPS) is 25.2. The highest BCUT2D eigenvalue weighted by atomic mass is 16.3. The Labute approximate surface area is 181 Å². The van der Waals surface area contributed by atoms with E-state index in [1.165, 1.54) is 6.92 Å². The summed E-state index contributed by atoms with van der Waals surface area (Å²) in [7, 11) is 0. The third-order valence-corrected chi connectivity index (χ3v) is 5.94. The van der Waals surface area contributed by atoms with E-state index in [0.717, 1.165) is 0 Å². The molecule has 0 unspecified atom stereocenters. The van der Waals surface area contributed by atoms with Gasteiger partial charge in [0.1, 0.15) is 5.76 Å². The molecule has 4 rings (SSSR count). The van der Waals surface area contributed by atoms with E-state index in [-0.39, 0.29) is 29.3 Å². The number of aliphatic hydroxyl groups excluding tert-OH is 1. The van der Waals surface area contributed by atoms with Crippen LogP contribution in [0.25, 0.3) is 5.76 Å². The molecule has 3 atom stereocenters. The van der Waals surface area contributed by atoms with Gasteiger partial charge in [-0.2, -0.15) is 0 Å². The first-order valence-electron chi connectivity index (χ1n) is 10.3. The number of hydrogen-bond donors (Lipinski definition) is 2. The monoisotopic (exact) mass is 412 g/mol. The Kier molecular flexibility index (Phi) is 5.57. The second kappa shape index (κ2) is 8.32. The molecular formula is C27H24O4. The van der Waals surface area contributed by atoms with E-state index in [0.29, 0.717) is 16.7 Å². The Morgan fingerprint density at radius 2 is 1.32 bits per heavy atom. The summed E-state index contributed by atoms with van der Waals surface area (Å²) in [5, 5.41) is 22.4. The quantitative estimate of drug-likeness (QED) is 0.361. The zero-order valence-corrected chi connectivity index (χ0v) is 17.2. The zero-order valence-electron chi connectivity index (χ0n) is 17.2. The van der Waals surface area contributed by atoms with Crippen molar-refractivity contribution in [2.75, 3.05) is 0 Å². The Morgan fingerprint density at radius 1 is 0.839 bits per heavy atom. The molecule has 0 saturated heterocycles. The van der Waals surface area contributed by atoms with Crippen LogP contribution in [0.15, 0.2) is 96.6 Å². The van der Waals surface area contributed by atoms with Gasteiger partial charge in [-0.25, -0.2) is 0 Å². The predicted octanol–water partition coefficient (Wildman–Crippen LogP) is 4.96. The molecule has 0 aliphatic heterocycles. The van der Waals surface area contributed by atoms with Gasteiger partial charge in [-0.3, -0.25) is 9.59 Å². The average molecular weight is 412 g/mol. The highest BCUT2D eigenvalue weighted by Gasteiger charge is 2.52. The number of allylic oxidation sites excluding steroid dienone is 1. The third kappa shape index (κ3) is 3.94. The highest BCUT2D eigenvalue weighted by Crippen LogP contribution is 2.48. The van der Waals surface area contributed by atoms with Gasteiger partial charge in [0.05, 0.1) is 11.5 Å². The van der Waals surface area contributed by atoms with Crippen LogP contribution in [0, 0.1) is 5.92 Å². The van der Waals surface area contributed by atoms with Gasteiger partial charge in [0.2, 0.25) is 0 Å². The van der Waals surface area contributed by atoms with Crippen molar-refractivity contribution in [3.63, 3.8) is 0 Å². The molecule has 0 radical (unpaired) electrons. The fourth-order valence-corrected chi connectivity index (χ4v) is 4.50. The number of ketones is 2. The minimum absolute atomic E-state index is 0.152. The van der Waals surface area contributed by atoms with Crippen LogP contribution in [0.5, 0.6) is 0 Å². The predicted molar refractivity (Wildman–Crippen MR) is 120 cm³/mol. The molecule has 1 saturated carbocycles. The molecule has 4 heteroatoms. The van der Waals surface area contributed by atoms with Gasteiger partial charge >= 0.3 is 0 Å². The van der Waals surface area contributed by atoms with E-state index in [1.54, 1.807) is 48.5 Å². The fourth-order valence-electron chi connectivity index (χ4n) is 4.50. The van der Waals surface area contributed by atoms with E-state index < -0.39 is 17.4 Å². The maximum atomic E-state index is 13.6. The lowest BCUT2D eigenvalue weighted by atomic mass is 9.61. The first-order valence-corrected chi connectivity index (χ1v) is 10.3. The fraction of sp³-hybridized carbons (Fsp3) is 0.185. The zero-order chi connectivity index (χ0) is 22.0. The number of aliphatic hydroxyl groups is 2. The Morgan fingerprint density at radius 3 is 1.87 bits per heavy atom. The Hall–Kier alpha value is -3.50. The summed E-state index contributed by atoms with van der Waals surface area (Å²) < 4.78 is 0. The van der Waals surface area contributed by atoms with E-state index in [4.69, 9.17) is 0 Å². The first-order chi connectivity index (χ1) is 14.9. The lowest BCUT2D eigenvalue weighted by molar-refractivity contribution is -0.125. The largest absolute Gasteiger partial charge is 0.507 e. The Bertz CT molecular complexity index is 1120. The van der Waals surface area contributed by atoms with Crippen molar-refractivity contribution in [3.8, 4) is 0 Å². The number of Topliss-reactive ketones (excluding diaryl/α,β-unsaturated/α-hetero) is 2. The van der Waals surface area contributed by atoms with Crippen molar-refractivity contribution in [1.82, 2.24) is 0 Å². The smallest absolute Gasteiger partial charge is 0.169 e. The summed E-state index contributed by atoms with van der Waals surface area (Å²) in [6, 6.07) is 26.7. The molecule has 156 valence electrons. The molecule has 0 bridgehead atoms. The number of rotatable bonds is 4. The van der Waals surface area contributed by atoms with E-state index in [9.17, 15) is 19.8 Å². The number of carbonyl (C=O) groups is 2. The molecule has 0 aromatic heterocycles. The van der Waals surface area contributed by atoms with Crippen LogP contribution in [0.4, 0.5) is 0 Å². The average Bonchev–Trinajstić information content (AvgIpc) is 2.79. The van der Waals surface area contributed by atoms with Crippen molar-refractivity contribution < 1.29 is 19.8 Å². The molecule has 2 N–H and O–H groups in total. The standard InChI is InChI=1S/C27H24O4/c1-27(31)17-21(28)23(25(29)19-13-7-3-8-14-19)22(18-11-5-2-6-12-18)24(27)26(30)20-15-9-4-10-16-20/h2-16,22,24,29,31H,17H2,1H3/t22-,24+,27+/m0/s1. The maximum absolute atomic E-state index is 13.6. The van der Waals surface area contributed by atoms with Gasteiger partial charge in [-0.15, -0.1) is 0 Å². The summed E-state index contributed by atoms with van der Waals surface area (Å²) in [6.07, 6.45) is -0.244. The van der Waals surface area contributed by atoms with Crippen LogP contribution in [-0.4, -0.2) is 27.4 Å². The molecule has 1 fully saturated rings. The van der Waals surface area contributed by atoms with Gasteiger partial charge in [0.25, 0.3) is 0 Å². The SMILES string of the molecule is C[C@@]1(O)CC(=O)C(=C(O)c2ccccc2)[C@H](c2ccccc2)[C@@H]1C(=O)c1ccccc1. The first kappa shape index (κ1) is 20.8. The molecule has 4 nitrogen and oxygen atoms in total. The number of hydrogen-bond acceptors (Lipinski definition) is 4. The molecule has 0 heterocycles.